The number of halogens is 2. The summed E-state index contributed by atoms with van der Waals surface area (Å²) in [5, 5.41) is 0.775. The maximum Gasteiger partial charge on any atom is 0.340 e. The molecule has 1 aromatic carbocycles. The first-order chi connectivity index (χ1) is 10.0. The van der Waals surface area contributed by atoms with Crippen molar-refractivity contribution >= 4 is 34.9 Å². The van der Waals surface area contributed by atoms with E-state index < -0.39 is 5.97 Å². The molecule has 110 valence electrons. The van der Waals surface area contributed by atoms with Crippen molar-refractivity contribution in [3.8, 4) is 11.6 Å². The molecule has 2 N–H and O–H groups in total. The van der Waals surface area contributed by atoms with Crippen LogP contribution in [0.1, 0.15) is 17.3 Å². The van der Waals surface area contributed by atoms with E-state index >= 15 is 0 Å². The van der Waals surface area contributed by atoms with Gasteiger partial charge in [-0.25, -0.2) is 9.78 Å². The summed E-state index contributed by atoms with van der Waals surface area (Å²) in [5.41, 5.74) is 6.11. The normalized spacial score (nSPS) is 10.2. The smallest absolute Gasteiger partial charge is 0.340 e. The molecule has 21 heavy (non-hydrogen) atoms. The summed E-state index contributed by atoms with van der Waals surface area (Å²) in [7, 11) is 0. The highest BCUT2D eigenvalue weighted by atomic mass is 35.5. The van der Waals surface area contributed by atoms with E-state index in [9.17, 15) is 4.79 Å². The molecule has 2 aromatic rings. The van der Waals surface area contributed by atoms with Crippen LogP contribution < -0.4 is 10.5 Å². The van der Waals surface area contributed by atoms with E-state index in [4.69, 9.17) is 38.4 Å². The SMILES string of the molecule is CCOC(=O)c1cc(Oc2ccc(Cl)c(Cl)c2)ncc1N. The molecule has 2 rings (SSSR count). The van der Waals surface area contributed by atoms with Crippen molar-refractivity contribution in [2.75, 3.05) is 12.3 Å². The first-order valence-corrected chi connectivity index (χ1v) is 6.82. The van der Waals surface area contributed by atoms with Crippen LogP contribution in [0.4, 0.5) is 5.69 Å². The molecule has 0 saturated carbocycles. The molecule has 0 saturated heterocycles. The standard InChI is InChI=1S/C14H12Cl2N2O3/c1-2-20-14(19)9-6-13(18-7-12(9)17)21-8-3-4-10(15)11(16)5-8/h3-7H,2,17H2,1H3. The number of nitrogen functional groups attached to an aromatic ring is 1. The van der Waals surface area contributed by atoms with Crippen molar-refractivity contribution in [2.24, 2.45) is 0 Å². The van der Waals surface area contributed by atoms with Gasteiger partial charge in [-0.05, 0) is 19.1 Å². The highest BCUT2D eigenvalue weighted by Crippen LogP contribution is 2.29. The van der Waals surface area contributed by atoms with Gasteiger partial charge in [0.2, 0.25) is 5.88 Å². The number of nitrogens with zero attached hydrogens (tertiary/aromatic N) is 1. The highest BCUT2D eigenvalue weighted by molar-refractivity contribution is 6.42. The number of pyridine rings is 1. The zero-order valence-electron chi connectivity index (χ0n) is 11.1. The lowest BCUT2D eigenvalue weighted by Gasteiger charge is -2.09. The summed E-state index contributed by atoms with van der Waals surface area (Å²) in [6, 6.07) is 6.20. The van der Waals surface area contributed by atoms with Gasteiger partial charge in [-0.3, -0.25) is 0 Å². The minimum absolute atomic E-state index is 0.196. The predicted molar refractivity (Wildman–Crippen MR) is 81.1 cm³/mol. The molecule has 0 atom stereocenters. The summed E-state index contributed by atoms with van der Waals surface area (Å²) in [4.78, 5) is 15.7. The quantitative estimate of drug-likeness (QED) is 0.861. The number of aromatic nitrogens is 1. The zero-order valence-corrected chi connectivity index (χ0v) is 12.6. The number of ether oxygens (including phenoxy) is 2. The Hall–Kier alpha value is -1.98. The van der Waals surface area contributed by atoms with E-state index in [0.717, 1.165) is 0 Å². The maximum atomic E-state index is 11.7. The van der Waals surface area contributed by atoms with Gasteiger partial charge in [0.15, 0.2) is 0 Å². The maximum absolute atomic E-state index is 11.7. The molecular weight excluding hydrogens is 315 g/mol. The average Bonchev–Trinajstić information content (AvgIpc) is 2.45. The van der Waals surface area contributed by atoms with Gasteiger partial charge in [0.1, 0.15) is 5.75 Å². The van der Waals surface area contributed by atoms with Crippen LogP contribution in [0.2, 0.25) is 10.0 Å². The largest absolute Gasteiger partial charge is 0.462 e. The van der Waals surface area contributed by atoms with Gasteiger partial charge in [0, 0.05) is 12.1 Å². The molecule has 7 heteroatoms. The summed E-state index contributed by atoms with van der Waals surface area (Å²) >= 11 is 11.7. The Morgan fingerprint density at radius 3 is 2.71 bits per heavy atom. The van der Waals surface area contributed by atoms with E-state index in [1.54, 1.807) is 25.1 Å². The molecule has 0 amide bonds. The second-order valence-corrected chi connectivity index (χ2v) is 4.82. The van der Waals surface area contributed by atoms with E-state index in [1.165, 1.54) is 12.3 Å². The number of carbonyl (C=O) groups excluding carboxylic acids is 1. The van der Waals surface area contributed by atoms with Gasteiger partial charge in [0.05, 0.1) is 34.1 Å². The molecule has 0 aliphatic carbocycles. The fraction of sp³-hybridized carbons (Fsp3) is 0.143. The average molecular weight is 327 g/mol. The first-order valence-electron chi connectivity index (χ1n) is 6.06. The van der Waals surface area contributed by atoms with Crippen LogP contribution in [0.15, 0.2) is 30.5 Å². The van der Waals surface area contributed by atoms with Crippen molar-refractivity contribution in [1.29, 1.82) is 0 Å². The Labute approximate surface area is 131 Å². The number of anilines is 1. The van der Waals surface area contributed by atoms with Crippen LogP contribution in [0.25, 0.3) is 0 Å². The lowest BCUT2D eigenvalue weighted by Crippen LogP contribution is -2.08. The Kier molecular flexibility index (Phi) is 4.88. The Bertz CT molecular complexity index is 677. The van der Waals surface area contributed by atoms with E-state index in [0.29, 0.717) is 15.8 Å². The number of benzene rings is 1. The zero-order chi connectivity index (χ0) is 15.4. The van der Waals surface area contributed by atoms with Gasteiger partial charge in [0.25, 0.3) is 0 Å². The van der Waals surface area contributed by atoms with E-state index in [1.807, 2.05) is 0 Å². The van der Waals surface area contributed by atoms with Gasteiger partial charge >= 0.3 is 5.97 Å². The van der Waals surface area contributed by atoms with E-state index in [-0.39, 0.29) is 23.7 Å². The second kappa shape index (κ2) is 6.65. The molecule has 0 unspecified atom stereocenters. The van der Waals surface area contributed by atoms with Gasteiger partial charge < -0.3 is 15.2 Å². The summed E-state index contributed by atoms with van der Waals surface area (Å²) in [5.74, 6) is 0.110. The van der Waals surface area contributed by atoms with Gasteiger partial charge in [-0.15, -0.1) is 0 Å². The molecule has 5 nitrogen and oxygen atoms in total. The van der Waals surface area contributed by atoms with Crippen molar-refractivity contribution in [3.05, 3.63) is 46.1 Å². The molecule has 1 heterocycles. The third-order valence-electron chi connectivity index (χ3n) is 2.52. The number of nitrogens with two attached hydrogens (primary N) is 1. The van der Waals surface area contributed by atoms with Crippen molar-refractivity contribution in [3.63, 3.8) is 0 Å². The van der Waals surface area contributed by atoms with Gasteiger partial charge in [-0.2, -0.15) is 0 Å². The van der Waals surface area contributed by atoms with Crippen LogP contribution in [0.3, 0.4) is 0 Å². The number of hydrogen-bond acceptors (Lipinski definition) is 5. The number of hydrogen-bond donors (Lipinski definition) is 1. The molecule has 0 radical (unpaired) electrons. The molecule has 0 fully saturated rings. The molecule has 0 aliphatic rings. The van der Waals surface area contributed by atoms with Crippen molar-refractivity contribution in [1.82, 2.24) is 4.98 Å². The molecule has 0 bridgehead atoms. The number of carbonyl (C=O) groups is 1. The summed E-state index contributed by atoms with van der Waals surface area (Å²) in [6.07, 6.45) is 1.33. The molecule has 0 spiro atoms. The van der Waals surface area contributed by atoms with Crippen LogP contribution in [0, 0.1) is 0 Å². The Morgan fingerprint density at radius 1 is 1.29 bits per heavy atom. The first kappa shape index (κ1) is 15.4. The molecule has 0 aliphatic heterocycles. The predicted octanol–water partition coefficient (Wildman–Crippen LogP) is 3.94. The van der Waals surface area contributed by atoms with Crippen LogP contribution in [0.5, 0.6) is 11.6 Å². The summed E-state index contributed by atoms with van der Waals surface area (Å²) < 4.78 is 10.4. The lowest BCUT2D eigenvalue weighted by molar-refractivity contribution is 0.0527. The Morgan fingerprint density at radius 2 is 2.05 bits per heavy atom. The lowest BCUT2D eigenvalue weighted by atomic mass is 10.2. The van der Waals surface area contributed by atoms with Crippen LogP contribution >= 0.6 is 23.2 Å². The van der Waals surface area contributed by atoms with Crippen molar-refractivity contribution < 1.29 is 14.3 Å². The third kappa shape index (κ3) is 3.77. The van der Waals surface area contributed by atoms with Crippen molar-refractivity contribution in [2.45, 2.75) is 6.92 Å². The fourth-order valence-electron chi connectivity index (χ4n) is 1.55. The Balaban J connectivity index is 2.26. The fourth-order valence-corrected chi connectivity index (χ4v) is 1.84. The monoisotopic (exact) mass is 326 g/mol. The van der Waals surface area contributed by atoms with Crippen LogP contribution in [-0.2, 0) is 4.74 Å². The second-order valence-electron chi connectivity index (χ2n) is 4.01. The molecular formula is C14H12Cl2N2O3. The van der Waals surface area contributed by atoms with Gasteiger partial charge in [-0.1, -0.05) is 23.2 Å². The summed E-state index contributed by atoms with van der Waals surface area (Å²) in [6.45, 7) is 1.96. The number of esters is 1. The van der Waals surface area contributed by atoms with Crippen LogP contribution in [-0.4, -0.2) is 17.6 Å². The minimum atomic E-state index is -0.531. The molecule has 1 aromatic heterocycles. The number of rotatable bonds is 4. The third-order valence-corrected chi connectivity index (χ3v) is 3.26. The minimum Gasteiger partial charge on any atom is -0.462 e. The highest BCUT2D eigenvalue weighted by Gasteiger charge is 2.13. The van der Waals surface area contributed by atoms with E-state index in [2.05, 4.69) is 4.98 Å². The topological polar surface area (TPSA) is 74.4 Å².